The molecule has 9 N–H and O–H groups in total. The Kier molecular flexibility index (Phi) is 10.8. The van der Waals surface area contributed by atoms with Gasteiger partial charge in [0.05, 0.1) is 32.5 Å². The number of carbonyl (C=O) groups excluding carboxylic acids is 2. The van der Waals surface area contributed by atoms with E-state index < -0.39 is 93.0 Å². The average molecular weight is 818 g/mol. The lowest BCUT2D eigenvalue weighted by molar-refractivity contribution is -0.184. The Balaban J connectivity index is 0.00000496. The number of aromatic amines is 1. The maximum Gasteiger partial charge on any atom is 0.472 e. The Morgan fingerprint density at radius 2 is 1.81 bits per heavy atom. The molecule has 7 heterocycles. The second-order valence-corrected chi connectivity index (χ2v) is 15.0. The van der Waals surface area contributed by atoms with Crippen LogP contribution in [0, 0.1) is 5.92 Å². The number of ether oxygens (including phenoxy) is 3. The van der Waals surface area contributed by atoms with Gasteiger partial charge in [-0.15, -0.1) is 0 Å². The Morgan fingerprint density at radius 3 is 2.53 bits per heavy atom. The zero-order valence-corrected chi connectivity index (χ0v) is 30.9. The standard InChI is InChI=1S/C32H34FN10O12P.H3N/c1-14(2)26(46)40-31-39-25-19(28(48)41-31)37-13-43(25)29-20(17(33)16(8-44)53-29)55-56(49,50)52-10-32-9-51-21(22(32)45)30(54-32)42-12-36-18-23(34-11-35-24(18)42)38-27(47)15-6-4-3-5-7-15;/h3-7,11-14,16-17,20-22,29-30,44-45H,8-10H2,1-2H3,(H,49,50)(H,34,35,38,47)(H2,39,40,41,46,48);1H3/t16-,17+,20-,21-,22+,29-,30-,32-;/m1./s1. The van der Waals surface area contributed by atoms with Gasteiger partial charge in [0, 0.05) is 11.5 Å². The van der Waals surface area contributed by atoms with Gasteiger partial charge in [-0.3, -0.25) is 42.9 Å². The first-order valence-electron chi connectivity index (χ1n) is 17.1. The van der Waals surface area contributed by atoms with Crippen molar-refractivity contribution in [3.05, 3.63) is 65.2 Å². The highest BCUT2D eigenvalue weighted by molar-refractivity contribution is 7.47. The number of aromatic nitrogens is 8. The van der Waals surface area contributed by atoms with Crippen LogP contribution in [0.2, 0.25) is 0 Å². The molecule has 4 aromatic heterocycles. The van der Waals surface area contributed by atoms with E-state index in [1.807, 2.05) is 0 Å². The number of H-pyrrole nitrogens is 1. The molecule has 304 valence electrons. The summed E-state index contributed by atoms with van der Waals surface area (Å²) in [6.07, 6.45) is -7.22. The van der Waals surface area contributed by atoms with Crippen molar-refractivity contribution >= 4 is 53.7 Å². The van der Waals surface area contributed by atoms with Gasteiger partial charge in [-0.1, -0.05) is 32.0 Å². The summed E-state index contributed by atoms with van der Waals surface area (Å²) in [7, 11) is -5.25. The van der Waals surface area contributed by atoms with E-state index in [-0.39, 0.29) is 46.9 Å². The van der Waals surface area contributed by atoms with Crippen LogP contribution in [0.4, 0.5) is 16.2 Å². The third-order valence-electron chi connectivity index (χ3n) is 9.55. The van der Waals surface area contributed by atoms with Gasteiger partial charge in [-0.2, -0.15) is 4.98 Å². The maximum absolute atomic E-state index is 15.7. The van der Waals surface area contributed by atoms with Crippen LogP contribution in [-0.2, 0) is 32.6 Å². The smallest absolute Gasteiger partial charge is 0.394 e. The van der Waals surface area contributed by atoms with Crippen LogP contribution in [0.1, 0.15) is 36.7 Å². The van der Waals surface area contributed by atoms with Gasteiger partial charge in [0.2, 0.25) is 11.9 Å². The van der Waals surface area contributed by atoms with Crippen molar-refractivity contribution < 1.29 is 56.9 Å². The molecule has 3 aliphatic rings. The summed E-state index contributed by atoms with van der Waals surface area (Å²) in [4.78, 5) is 72.1. The Hall–Kier alpha value is -5.14. The predicted molar refractivity (Wildman–Crippen MR) is 191 cm³/mol. The van der Waals surface area contributed by atoms with Crippen LogP contribution >= 0.6 is 7.82 Å². The molecule has 25 heteroatoms. The first-order valence-corrected chi connectivity index (χ1v) is 18.6. The Morgan fingerprint density at radius 1 is 1.09 bits per heavy atom. The summed E-state index contributed by atoms with van der Waals surface area (Å²) < 4.78 is 59.9. The third kappa shape index (κ3) is 7.20. The lowest BCUT2D eigenvalue weighted by atomic mass is 10.0. The summed E-state index contributed by atoms with van der Waals surface area (Å²) in [5.41, 5.74) is -2.11. The number of aliphatic hydroxyl groups excluding tert-OH is 2. The maximum atomic E-state index is 15.7. The van der Waals surface area contributed by atoms with Gasteiger partial charge in [-0.25, -0.2) is 28.9 Å². The summed E-state index contributed by atoms with van der Waals surface area (Å²) >= 11 is 0. The van der Waals surface area contributed by atoms with E-state index in [2.05, 4.69) is 40.5 Å². The Labute approximate surface area is 319 Å². The van der Waals surface area contributed by atoms with Crippen molar-refractivity contribution in [1.29, 1.82) is 0 Å². The molecule has 0 saturated carbocycles. The molecule has 0 aliphatic carbocycles. The number of hydrogen-bond donors (Lipinski definition) is 7. The first kappa shape index (κ1) is 40.1. The number of fused-ring (bicyclic) bond motifs is 4. The number of aliphatic hydroxyl groups is 2. The molecule has 3 aliphatic heterocycles. The van der Waals surface area contributed by atoms with Crippen molar-refractivity contribution in [2.45, 2.75) is 62.5 Å². The quantitative estimate of drug-likeness (QED) is 0.0853. The number of imidazole rings is 2. The van der Waals surface area contributed by atoms with Crippen LogP contribution in [-0.4, -0.2) is 122 Å². The van der Waals surface area contributed by atoms with Crippen LogP contribution in [0.25, 0.3) is 22.3 Å². The van der Waals surface area contributed by atoms with E-state index in [0.717, 1.165) is 10.9 Å². The molecule has 57 heavy (non-hydrogen) atoms. The number of phosphoric ester groups is 1. The number of rotatable bonds is 12. The normalized spacial score (nSPS) is 27.8. The molecule has 3 saturated heterocycles. The number of halogens is 1. The SMILES string of the molecule is CC(C)C(=O)Nc1nc2c(ncn2[C@@H]2O[C@H](CO)[C@H](F)[C@H]2OP(=O)(O)OC[C@@]23CO[C@@H]([C@H](n4cnc5c(NC(=O)c6ccccc6)ncnc54)O2)[C@@H]3O)c(=O)[nH]1.N. The van der Waals surface area contributed by atoms with Crippen LogP contribution in [0.15, 0.2) is 54.1 Å². The molecule has 9 atom stereocenters. The summed E-state index contributed by atoms with van der Waals surface area (Å²) in [5.74, 6) is -1.51. The van der Waals surface area contributed by atoms with Crippen molar-refractivity contribution in [3.8, 4) is 0 Å². The zero-order valence-electron chi connectivity index (χ0n) is 30.0. The zero-order chi connectivity index (χ0) is 39.5. The highest BCUT2D eigenvalue weighted by Crippen LogP contribution is 2.53. The van der Waals surface area contributed by atoms with E-state index in [9.17, 15) is 34.1 Å². The van der Waals surface area contributed by atoms with Gasteiger partial charge < -0.3 is 40.8 Å². The molecule has 0 spiro atoms. The van der Waals surface area contributed by atoms with Crippen molar-refractivity contribution in [2.75, 3.05) is 30.5 Å². The molecule has 2 bridgehead atoms. The van der Waals surface area contributed by atoms with E-state index in [1.54, 1.807) is 44.2 Å². The van der Waals surface area contributed by atoms with E-state index >= 15 is 4.39 Å². The second-order valence-electron chi connectivity index (χ2n) is 13.5. The van der Waals surface area contributed by atoms with Gasteiger partial charge in [-0.05, 0) is 12.1 Å². The largest absolute Gasteiger partial charge is 0.472 e. The van der Waals surface area contributed by atoms with Gasteiger partial charge in [0.25, 0.3) is 11.5 Å². The fourth-order valence-corrected chi connectivity index (χ4v) is 7.59. The highest BCUT2D eigenvalue weighted by Gasteiger charge is 2.63. The number of carbonyl (C=O) groups is 2. The van der Waals surface area contributed by atoms with Crippen LogP contribution < -0.4 is 22.3 Å². The van der Waals surface area contributed by atoms with Crippen LogP contribution in [0.5, 0.6) is 0 Å². The molecule has 1 aromatic carbocycles. The number of phosphoric acid groups is 1. The minimum atomic E-state index is -5.25. The molecule has 3 fully saturated rings. The number of anilines is 2. The second kappa shape index (κ2) is 15.3. The topological polar surface area (TPSA) is 324 Å². The lowest BCUT2D eigenvalue weighted by Crippen LogP contribution is -2.45. The van der Waals surface area contributed by atoms with Gasteiger partial charge in [0.15, 0.2) is 46.8 Å². The van der Waals surface area contributed by atoms with E-state index in [4.69, 9.17) is 23.3 Å². The summed E-state index contributed by atoms with van der Waals surface area (Å²) in [5, 5.41) is 26.2. The average Bonchev–Trinajstić information content (AvgIpc) is 3.99. The Bertz CT molecular complexity index is 2420. The number of benzene rings is 1. The predicted octanol–water partition coefficient (Wildman–Crippen LogP) is 0.726. The van der Waals surface area contributed by atoms with E-state index in [0.29, 0.717) is 5.56 Å². The summed E-state index contributed by atoms with van der Waals surface area (Å²) in [6, 6.07) is 8.44. The van der Waals surface area contributed by atoms with Crippen molar-refractivity contribution in [1.82, 2.24) is 45.2 Å². The van der Waals surface area contributed by atoms with Gasteiger partial charge >= 0.3 is 7.82 Å². The fourth-order valence-electron chi connectivity index (χ4n) is 6.62. The van der Waals surface area contributed by atoms with Gasteiger partial charge in [0.1, 0.15) is 36.3 Å². The summed E-state index contributed by atoms with van der Waals surface area (Å²) in [6.45, 7) is 1.32. The molecule has 8 rings (SSSR count). The fraction of sp³-hybridized carbons (Fsp3) is 0.438. The highest BCUT2D eigenvalue weighted by atomic mass is 31.2. The first-order chi connectivity index (χ1) is 26.8. The number of hydrogen-bond acceptors (Lipinski definition) is 17. The van der Waals surface area contributed by atoms with E-state index in [1.165, 1.54) is 17.2 Å². The van der Waals surface area contributed by atoms with Crippen LogP contribution in [0.3, 0.4) is 0 Å². The number of nitrogens with one attached hydrogen (secondary N) is 3. The molecule has 2 amide bonds. The lowest BCUT2D eigenvalue weighted by Gasteiger charge is -2.31. The monoisotopic (exact) mass is 817 g/mol. The third-order valence-corrected chi connectivity index (χ3v) is 10.5. The molecule has 5 aromatic rings. The van der Waals surface area contributed by atoms with Crippen molar-refractivity contribution in [3.63, 3.8) is 0 Å². The molecule has 1 unspecified atom stereocenters. The minimum absolute atomic E-state index is 0. The number of amides is 2. The molecular weight excluding hydrogens is 780 g/mol. The molecule has 23 nitrogen and oxygen atoms in total. The molecular formula is C32H37FN11O12P. The van der Waals surface area contributed by atoms with Crippen molar-refractivity contribution in [2.24, 2.45) is 5.92 Å². The number of nitrogens with zero attached hydrogens (tertiary/aromatic N) is 7. The minimum Gasteiger partial charge on any atom is -0.394 e. The number of alkyl halides is 1. The molecule has 0 radical (unpaired) electrons.